The highest BCUT2D eigenvalue weighted by molar-refractivity contribution is 7.96. The van der Waals surface area contributed by atoms with Gasteiger partial charge in [0.1, 0.15) is 5.78 Å². The molecule has 1 N–H and O–H groups in total. The normalized spacial score (nSPS) is 14.6. The minimum Gasteiger partial charge on any atom is -0.465 e. The number of hydrogen-bond donors (Lipinski definition) is 1. The van der Waals surface area contributed by atoms with Gasteiger partial charge in [0.25, 0.3) is 0 Å². The highest BCUT2D eigenvalue weighted by Crippen LogP contribution is 2.39. The van der Waals surface area contributed by atoms with Crippen molar-refractivity contribution >= 4 is 23.8 Å². The lowest BCUT2D eigenvalue weighted by molar-refractivity contribution is -0.432. The summed E-state index contributed by atoms with van der Waals surface area (Å²) >= 11 is 0.851. The fraction of sp³-hybridized carbons (Fsp3) is 0.900. The Morgan fingerprint density at radius 2 is 1.74 bits per heavy atom. The van der Waals surface area contributed by atoms with E-state index >= 15 is 0 Å². The summed E-state index contributed by atoms with van der Waals surface area (Å²) in [7, 11) is 0. The summed E-state index contributed by atoms with van der Waals surface area (Å²) in [5, 5.41) is 12.3. The SMILES string of the molecule is CCCCC(CC)COC(=O)CC(CCCC)(CC(=O)CCC)SOOO. The van der Waals surface area contributed by atoms with Crippen LogP contribution in [0.1, 0.15) is 98.3 Å². The molecule has 0 aliphatic heterocycles. The molecule has 160 valence electrons. The van der Waals surface area contributed by atoms with Crippen LogP contribution in [0.15, 0.2) is 0 Å². The van der Waals surface area contributed by atoms with Crippen LogP contribution in [0.3, 0.4) is 0 Å². The maximum Gasteiger partial charge on any atom is 0.307 e. The predicted molar refractivity (Wildman–Crippen MR) is 108 cm³/mol. The largest absolute Gasteiger partial charge is 0.465 e. The summed E-state index contributed by atoms with van der Waals surface area (Å²) < 4.78 is 9.43. The van der Waals surface area contributed by atoms with Crippen molar-refractivity contribution in [2.45, 2.75) is 103 Å². The molecule has 7 heteroatoms. The molecule has 0 saturated carbocycles. The summed E-state index contributed by atoms with van der Waals surface area (Å²) in [6.45, 7) is 8.65. The lowest BCUT2D eigenvalue weighted by Crippen LogP contribution is -2.33. The minimum absolute atomic E-state index is 0.0562. The number of ketones is 1. The number of esters is 1. The molecule has 0 heterocycles. The zero-order valence-corrected chi connectivity index (χ0v) is 18.3. The molecule has 6 nitrogen and oxygen atoms in total. The topological polar surface area (TPSA) is 82.1 Å². The van der Waals surface area contributed by atoms with E-state index < -0.39 is 4.75 Å². The van der Waals surface area contributed by atoms with E-state index in [1.54, 1.807) is 0 Å². The van der Waals surface area contributed by atoms with Crippen LogP contribution in [0, 0.1) is 5.92 Å². The Kier molecular flexibility index (Phi) is 16.0. The smallest absolute Gasteiger partial charge is 0.307 e. The molecule has 0 aliphatic rings. The number of carbonyl (C=O) groups excluding carboxylic acids is 2. The van der Waals surface area contributed by atoms with E-state index in [-0.39, 0.29) is 24.6 Å². The van der Waals surface area contributed by atoms with Crippen molar-refractivity contribution in [2.75, 3.05) is 6.61 Å². The number of carbonyl (C=O) groups is 2. The molecule has 27 heavy (non-hydrogen) atoms. The average Bonchev–Trinajstić information content (AvgIpc) is 2.65. The van der Waals surface area contributed by atoms with E-state index in [0.717, 1.165) is 57.0 Å². The van der Waals surface area contributed by atoms with Gasteiger partial charge in [-0.25, -0.2) is 5.26 Å². The monoisotopic (exact) mass is 406 g/mol. The highest BCUT2D eigenvalue weighted by Gasteiger charge is 2.38. The van der Waals surface area contributed by atoms with Gasteiger partial charge in [0, 0.05) is 24.9 Å². The standard InChI is InChI=1S/C20H38O6S/c1-5-9-12-17(8-4)16-24-19(22)15-20(13-10-6-2,27-26-25-23)14-18(21)11-7-3/h17,23H,5-16H2,1-4H3. The van der Waals surface area contributed by atoms with Crippen LogP contribution in [0.2, 0.25) is 0 Å². The van der Waals surface area contributed by atoms with E-state index in [9.17, 15) is 9.59 Å². The van der Waals surface area contributed by atoms with Crippen molar-refractivity contribution in [3.63, 3.8) is 0 Å². The third-order valence-corrected chi connectivity index (χ3v) is 5.74. The van der Waals surface area contributed by atoms with Gasteiger partial charge >= 0.3 is 5.97 Å². The van der Waals surface area contributed by atoms with Crippen LogP contribution in [-0.2, 0) is 23.7 Å². The van der Waals surface area contributed by atoms with Gasteiger partial charge in [-0.2, -0.15) is 0 Å². The van der Waals surface area contributed by atoms with E-state index in [0.29, 0.717) is 25.4 Å². The van der Waals surface area contributed by atoms with Gasteiger partial charge in [0.15, 0.2) is 0 Å². The predicted octanol–water partition coefficient (Wildman–Crippen LogP) is 5.89. The van der Waals surface area contributed by atoms with Crippen LogP contribution in [0.5, 0.6) is 0 Å². The maximum atomic E-state index is 12.5. The summed E-state index contributed by atoms with van der Waals surface area (Å²) in [5.41, 5.74) is 0. The molecule has 0 fully saturated rings. The lowest BCUT2D eigenvalue weighted by Gasteiger charge is -2.30. The molecule has 2 atom stereocenters. The Bertz CT molecular complexity index is 394. The molecule has 0 radical (unpaired) electrons. The lowest BCUT2D eigenvalue weighted by atomic mass is 9.90. The van der Waals surface area contributed by atoms with Crippen LogP contribution < -0.4 is 0 Å². The van der Waals surface area contributed by atoms with E-state index in [1.807, 2.05) is 13.8 Å². The van der Waals surface area contributed by atoms with Gasteiger partial charge in [-0.15, -0.1) is 4.33 Å². The van der Waals surface area contributed by atoms with Crippen molar-refractivity contribution in [3.8, 4) is 0 Å². The summed E-state index contributed by atoms with van der Waals surface area (Å²) in [6, 6.07) is 0. The first-order chi connectivity index (χ1) is 13.0. The van der Waals surface area contributed by atoms with E-state index in [2.05, 4.69) is 23.2 Å². The zero-order valence-electron chi connectivity index (χ0n) is 17.5. The molecule has 2 unspecified atom stereocenters. The molecular weight excluding hydrogens is 368 g/mol. The van der Waals surface area contributed by atoms with Gasteiger partial charge in [-0.05, 0) is 25.2 Å². The molecular formula is C20H38O6S. The summed E-state index contributed by atoms with van der Waals surface area (Å²) in [4.78, 5) is 24.8. The first kappa shape index (κ1) is 26.4. The number of unbranched alkanes of at least 4 members (excludes halogenated alkanes) is 2. The average molecular weight is 407 g/mol. The van der Waals surface area contributed by atoms with Crippen LogP contribution in [0.4, 0.5) is 0 Å². The molecule has 0 rings (SSSR count). The molecule has 0 amide bonds. The minimum atomic E-state index is -0.785. The maximum absolute atomic E-state index is 12.5. The van der Waals surface area contributed by atoms with Crippen molar-refractivity contribution in [2.24, 2.45) is 5.92 Å². The summed E-state index contributed by atoms with van der Waals surface area (Å²) in [5.74, 6) is 0.106. The van der Waals surface area contributed by atoms with Crippen molar-refractivity contribution < 1.29 is 29.0 Å². The van der Waals surface area contributed by atoms with Gasteiger partial charge in [-0.1, -0.05) is 64.8 Å². The fourth-order valence-electron chi connectivity index (χ4n) is 3.08. The molecule has 0 saturated heterocycles. The molecule has 0 aromatic carbocycles. The molecule has 0 aromatic heterocycles. The Labute approximate surface area is 168 Å². The Balaban J connectivity index is 4.99. The van der Waals surface area contributed by atoms with Crippen molar-refractivity contribution in [1.82, 2.24) is 0 Å². The van der Waals surface area contributed by atoms with Gasteiger partial charge in [0.05, 0.1) is 17.8 Å². The summed E-state index contributed by atoms with van der Waals surface area (Å²) in [6.07, 6.45) is 8.09. The van der Waals surface area contributed by atoms with Crippen LogP contribution in [-0.4, -0.2) is 28.4 Å². The van der Waals surface area contributed by atoms with Gasteiger partial charge < -0.3 is 4.74 Å². The molecule has 0 aliphatic carbocycles. The Hall–Kier alpha value is -0.630. The molecule has 0 aromatic rings. The first-order valence-corrected chi connectivity index (χ1v) is 11.0. The number of ether oxygens (including phenoxy) is 1. The Morgan fingerprint density at radius 3 is 2.30 bits per heavy atom. The highest BCUT2D eigenvalue weighted by atomic mass is 32.2. The quantitative estimate of drug-likeness (QED) is 0.131. The fourth-order valence-corrected chi connectivity index (χ4v) is 3.87. The van der Waals surface area contributed by atoms with E-state index in [1.165, 1.54) is 0 Å². The van der Waals surface area contributed by atoms with Crippen molar-refractivity contribution in [1.29, 1.82) is 0 Å². The molecule has 0 bridgehead atoms. The third kappa shape index (κ3) is 12.4. The van der Waals surface area contributed by atoms with Crippen molar-refractivity contribution in [3.05, 3.63) is 0 Å². The number of Topliss-reactive ketones (excluding diaryl/α,β-unsaturated/α-hetero) is 1. The van der Waals surface area contributed by atoms with Gasteiger partial charge in [-0.3, -0.25) is 9.59 Å². The number of hydrogen-bond acceptors (Lipinski definition) is 7. The second-order valence-corrected chi connectivity index (χ2v) is 8.42. The second kappa shape index (κ2) is 16.3. The molecule has 0 spiro atoms. The first-order valence-electron chi connectivity index (χ1n) is 10.3. The van der Waals surface area contributed by atoms with Crippen LogP contribution >= 0.6 is 12.0 Å². The second-order valence-electron chi connectivity index (χ2n) is 7.25. The van der Waals surface area contributed by atoms with Crippen LogP contribution in [0.25, 0.3) is 0 Å². The Morgan fingerprint density at radius 1 is 1.04 bits per heavy atom. The zero-order chi connectivity index (χ0) is 20.5. The number of rotatable bonds is 18. The third-order valence-electron chi connectivity index (χ3n) is 4.77. The van der Waals surface area contributed by atoms with E-state index in [4.69, 9.17) is 9.99 Å². The van der Waals surface area contributed by atoms with Gasteiger partial charge in [0.2, 0.25) is 0 Å².